The first-order valence-electron chi connectivity index (χ1n) is 7.03. The van der Waals surface area contributed by atoms with Gasteiger partial charge in [0.2, 0.25) is 0 Å². The lowest BCUT2D eigenvalue weighted by Gasteiger charge is -2.08. The van der Waals surface area contributed by atoms with Crippen LogP contribution >= 0.6 is 0 Å². The summed E-state index contributed by atoms with van der Waals surface area (Å²) in [4.78, 5) is 16.4. The molecule has 1 aromatic carbocycles. The molecule has 0 aliphatic rings. The molecular weight excluding hydrogens is 321 g/mol. The Morgan fingerprint density at radius 3 is 2.50 bits per heavy atom. The summed E-state index contributed by atoms with van der Waals surface area (Å²) in [6.07, 6.45) is -2.95. The SMILES string of the molecule is Cc1nn(C)c2ncc(NC(=O)c3ccc(C(F)(F)F)cc3)cc12. The molecule has 0 radical (unpaired) electrons. The average molecular weight is 334 g/mol. The van der Waals surface area contributed by atoms with Crippen LogP contribution in [0.2, 0.25) is 0 Å². The molecule has 5 nitrogen and oxygen atoms in total. The fraction of sp³-hybridized carbons (Fsp3) is 0.188. The Morgan fingerprint density at radius 2 is 1.88 bits per heavy atom. The second-order valence-electron chi connectivity index (χ2n) is 5.33. The summed E-state index contributed by atoms with van der Waals surface area (Å²) in [6, 6.07) is 5.76. The van der Waals surface area contributed by atoms with Crippen molar-refractivity contribution >= 4 is 22.6 Å². The summed E-state index contributed by atoms with van der Waals surface area (Å²) >= 11 is 0. The molecule has 0 saturated heterocycles. The van der Waals surface area contributed by atoms with Gasteiger partial charge in [0.25, 0.3) is 5.91 Å². The molecule has 0 aliphatic carbocycles. The van der Waals surface area contributed by atoms with Crippen LogP contribution in [-0.4, -0.2) is 20.7 Å². The second-order valence-corrected chi connectivity index (χ2v) is 5.33. The Hall–Kier alpha value is -2.90. The van der Waals surface area contributed by atoms with E-state index in [1.165, 1.54) is 6.20 Å². The molecule has 1 amide bonds. The minimum atomic E-state index is -4.43. The van der Waals surface area contributed by atoms with E-state index < -0.39 is 17.6 Å². The highest BCUT2D eigenvalue weighted by Crippen LogP contribution is 2.29. The van der Waals surface area contributed by atoms with Crippen molar-refractivity contribution in [1.29, 1.82) is 0 Å². The highest BCUT2D eigenvalue weighted by atomic mass is 19.4. The number of aryl methyl sites for hydroxylation is 2. The summed E-state index contributed by atoms with van der Waals surface area (Å²) in [5.41, 5.74) is 1.23. The standard InChI is InChI=1S/C16H13F3N4O/c1-9-13-7-12(8-20-14(13)23(2)22-9)21-15(24)10-3-5-11(6-4-10)16(17,18)19/h3-8H,1-2H3,(H,21,24). The van der Waals surface area contributed by atoms with Crippen LogP contribution in [0.25, 0.3) is 11.0 Å². The van der Waals surface area contributed by atoms with E-state index in [9.17, 15) is 18.0 Å². The monoisotopic (exact) mass is 334 g/mol. The molecule has 0 aliphatic heterocycles. The van der Waals surface area contributed by atoms with Gasteiger partial charge in [0.05, 0.1) is 23.1 Å². The van der Waals surface area contributed by atoms with Gasteiger partial charge < -0.3 is 5.32 Å². The normalized spacial score (nSPS) is 11.7. The molecule has 3 rings (SSSR count). The predicted molar refractivity (Wildman–Crippen MR) is 82.6 cm³/mol. The van der Waals surface area contributed by atoms with Crippen molar-refractivity contribution in [3.63, 3.8) is 0 Å². The van der Waals surface area contributed by atoms with Gasteiger partial charge in [-0.05, 0) is 37.3 Å². The number of carbonyl (C=O) groups excluding carboxylic acids is 1. The zero-order chi connectivity index (χ0) is 17.5. The van der Waals surface area contributed by atoms with Gasteiger partial charge in [0.15, 0.2) is 5.65 Å². The van der Waals surface area contributed by atoms with Crippen LogP contribution in [-0.2, 0) is 13.2 Å². The Balaban J connectivity index is 1.83. The summed E-state index contributed by atoms with van der Waals surface area (Å²) < 4.78 is 39.2. The van der Waals surface area contributed by atoms with Crippen molar-refractivity contribution < 1.29 is 18.0 Å². The lowest BCUT2D eigenvalue weighted by atomic mass is 10.1. The predicted octanol–water partition coefficient (Wildman–Crippen LogP) is 3.55. The number of fused-ring (bicyclic) bond motifs is 1. The first kappa shape index (κ1) is 16.0. The molecule has 2 heterocycles. The number of carbonyl (C=O) groups is 1. The number of rotatable bonds is 2. The van der Waals surface area contributed by atoms with Crippen LogP contribution in [0, 0.1) is 6.92 Å². The molecule has 0 atom stereocenters. The van der Waals surface area contributed by atoms with E-state index >= 15 is 0 Å². The van der Waals surface area contributed by atoms with E-state index in [0.29, 0.717) is 11.3 Å². The van der Waals surface area contributed by atoms with Gasteiger partial charge in [0, 0.05) is 18.0 Å². The maximum Gasteiger partial charge on any atom is 0.416 e. The molecule has 0 bridgehead atoms. The van der Waals surface area contributed by atoms with Gasteiger partial charge in [-0.3, -0.25) is 9.48 Å². The van der Waals surface area contributed by atoms with Crippen LogP contribution in [0.3, 0.4) is 0 Å². The van der Waals surface area contributed by atoms with Crippen LogP contribution < -0.4 is 5.32 Å². The van der Waals surface area contributed by atoms with Crippen LogP contribution in [0.15, 0.2) is 36.5 Å². The highest BCUT2D eigenvalue weighted by molar-refractivity contribution is 6.04. The fourth-order valence-corrected chi connectivity index (χ4v) is 2.39. The van der Waals surface area contributed by atoms with Crippen molar-refractivity contribution in [3.8, 4) is 0 Å². The molecule has 0 fully saturated rings. The number of halogens is 3. The third-order valence-corrected chi connectivity index (χ3v) is 3.60. The van der Waals surface area contributed by atoms with Gasteiger partial charge in [-0.15, -0.1) is 0 Å². The smallest absolute Gasteiger partial charge is 0.321 e. The Morgan fingerprint density at radius 1 is 1.21 bits per heavy atom. The van der Waals surface area contributed by atoms with Crippen molar-refractivity contribution in [2.75, 3.05) is 5.32 Å². The molecule has 1 N–H and O–H groups in total. The van der Waals surface area contributed by atoms with Gasteiger partial charge in [-0.2, -0.15) is 18.3 Å². The van der Waals surface area contributed by atoms with E-state index in [4.69, 9.17) is 0 Å². The van der Waals surface area contributed by atoms with E-state index in [-0.39, 0.29) is 5.56 Å². The molecular formula is C16H13F3N4O. The maximum absolute atomic E-state index is 12.5. The number of benzene rings is 1. The van der Waals surface area contributed by atoms with Gasteiger partial charge >= 0.3 is 6.18 Å². The zero-order valence-electron chi connectivity index (χ0n) is 12.8. The van der Waals surface area contributed by atoms with E-state index in [1.807, 2.05) is 6.92 Å². The van der Waals surface area contributed by atoms with Gasteiger partial charge in [-0.25, -0.2) is 4.98 Å². The van der Waals surface area contributed by atoms with Crippen molar-refractivity contribution in [2.24, 2.45) is 7.05 Å². The molecule has 3 aromatic rings. The molecule has 24 heavy (non-hydrogen) atoms. The molecule has 8 heteroatoms. The van der Waals surface area contributed by atoms with Crippen molar-refractivity contribution in [2.45, 2.75) is 13.1 Å². The number of anilines is 1. The van der Waals surface area contributed by atoms with E-state index in [0.717, 1.165) is 35.3 Å². The van der Waals surface area contributed by atoms with E-state index in [1.54, 1.807) is 17.8 Å². The first-order chi connectivity index (χ1) is 11.3. The molecule has 0 spiro atoms. The summed E-state index contributed by atoms with van der Waals surface area (Å²) in [5, 5.41) is 7.66. The average Bonchev–Trinajstić information content (AvgIpc) is 2.81. The van der Waals surface area contributed by atoms with Crippen molar-refractivity contribution in [1.82, 2.24) is 14.8 Å². The quantitative estimate of drug-likeness (QED) is 0.780. The van der Waals surface area contributed by atoms with Gasteiger partial charge in [-0.1, -0.05) is 0 Å². The minimum Gasteiger partial charge on any atom is -0.321 e. The number of aromatic nitrogens is 3. The fourth-order valence-electron chi connectivity index (χ4n) is 2.39. The molecule has 0 unspecified atom stereocenters. The lowest BCUT2D eigenvalue weighted by molar-refractivity contribution is -0.137. The molecule has 0 saturated carbocycles. The number of hydrogen-bond donors (Lipinski definition) is 1. The lowest BCUT2D eigenvalue weighted by Crippen LogP contribution is -2.13. The minimum absolute atomic E-state index is 0.131. The highest BCUT2D eigenvalue weighted by Gasteiger charge is 2.30. The number of hydrogen-bond acceptors (Lipinski definition) is 3. The van der Waals surface area contributed by atoms with Crippen LogP contribution in [0.5, 0.6) is 0 Å². The zero-order valence-corrected chi connectivity index (χ0v) is 12.8. The summed E-state index contributed by atoms with van der Waals surface area (Å²) in [6.45, 7) is 1.82. The first-order valence-corrected chi connectivity index (χ1v) is 7.03. The van der Waals surface area contributed by atoms with Crippen molar-refractivity contribution in [3.05, 3.63) is 53.3 Å². The number of nitrogens with one attached hydrogen (secondary N) is 1. The molecule has 2 aromatic heterocycles. The summed E-state index contributed by atoms with van der Waals surface area (Å²) in [7, 11) is 1.77. The number of alkyl halides is 3. The Bertz CT molecular complexity index is 913. The van der Waals surface area contributed by atoms with Crippen LogP contribution in [0.4, 0.5) is 18.9 Å². The number of amides is 1. The largest absolute Gasteiger partial charge is 0.416 e. The Labute approximate surface area is 135 Å². The van der Waals surface area contributed by atoms with Crippen LogP contribution in [0.1, 0.15) is 21.6 Å². The topological polar surface area (TPSA) is 59.8 Å². The number of nitrogens with zero attached hydrogens (tertiary/aromatic N) is 3. The number of pyridine rings is 1. The third kappa shape index (κ3) is 2.94. The maximum atomic E-state index is 12.5. The second kappa shape index (κ2) is 5.63. The molecule has 124 valence electrons. The summed E-state index contributed by atoms with van der Waals surface area (Å²) in [5.74, 6) is -0.508. The van der Waals surface area contributed by atoms with E-state index in [2.05, 4.69) is 15.4 Å². The Kier molecular flexibility index (Phi) is 3.75. The third-order valence-electron chi connectivity index (χ3n) is 3.60. The van der Waals surface area contributed by atoms with Gasteiger partial charge in [0.1, 0.15) is 0 Å².